The predicted molar refractivity (Wildman–Crippen MR) is 91.9 cm³/mol. The predicted octanol–water partition coefficient (Wildman–Crippen LogP) is 4.16. The van der Waals surface area contributed by atoms with Gasteiger partial charge in [-0.2, -0.15) is 8.42 Å². The Labute approximate surface area is 144 Å². The van der Waals surface area contributed by atoms with Crippen molar-refractivity contribution >= 4 is 10.1 Å². The van der Waals surface area contributed by atoms with Crippen LogP contribution in [0.25, 0.3) is 0 Å². The molecule has 1 spiro atoms. The van der Waals surface area contributed by atoms with Crippen molar-refractivity contribution in [1.29, 1.82) is 0 Å². The lowest BCUT2D eigenvalue weighted by atomic mass is 9.56. The van der Waals surface area contributed by atoms with Gasteiger partial charge in [0.1, 0.15) is 0 Å². The fourth-order valence-electron chi connectivity index (χ4n) is 7.04. The van der Waals surface area contributed by atoms with Crippen molar-refractivity contribution < 1.29 is 12.6 Å². The van der Waals surface area contributed by atoms with Gasteiger partial charge in [0.2, 0.25) is 0 Å². The number of rotatable bonds is 4. The highest BCUT2D eigenvalue weighted by Gasteiger charge is 2.74. The van der Waals surface area contributed by atoms with Crippen molar-refractivity contribution in [3.05, 3.63) is 29.8 Å². The molecule has 5 saturated carbocycles. The van der Waals surface area contributed by atoms with Crippen molar-refractivity contribution in [1.82, 2.24) is 0 Å². The quantitative estimate of drug-likeness (QED) is 0.769. The SMILES string of the molecule is Cc1ccc(S(=O)(=O)OC(C)C2C3C4CC5CC(C4)CC32C5)cc1. The van der Waals surface area contributed by atoms with Crippen LogP contribution in [0.1, 0.15) is 44.6 Å². The molecule has 0 heterocycles. The van der Waals surface area contributed by atoms with Crippen LogP contribution in [-0.2, 0) is 14.3 Å². The van der Waals surface area contributed by atoms with E-state index in [1.165, 1.54) is 32.1 Å². The first-order chi connectivity index (χ1) is 11.4. The normalized spacial score (nSPS) is 43.5. The molecular weight excluding hydrogens is 320 g/mol. The largest absolute Gasteiger partial charge is 0.297 e. The number of hydrogen-bond acceptors (Lipinski definition) is 3. The van der Waals surface area contributed by atoms with Crippen LogP contribution in [0.5, 0.6) is 0 Å². The van der Waals surface area contributed by atoms with Crippen LogP contribution >= 0.6 is 0 Å². The molecule has 0 aliphatic heterocycles. The molecule has 5 aliphatic carbocycles. The summed E-state index contributed by atoms with van der Waals surface area (Å²) < 4.78 is 31.0. The molecule has 5 unspecified atom stereocenters. The van der Waals surface area contributed by atoms with Crippen LogP contribution in [0.15, 0.2) is 29.2 Å². The highest BCUT2D eigenvalue weighted by molar-refractivity contribution is 7.86. The lowest BCUT2D eigenvalue weighted by Gasteiger charge is -2.49. The Morgan fingerprint density at radius 2 is 1.71 bits per heavy atom. The Hall–Kier alpha value is -0.870. The molecule has 24 heavy (non-hydrogen) atoms. The van der Waals surface area contributed by atoms with E-state index in [1.807, 2.05) is 26.0 Å². The van der Waals surface area contributed by atoms with Gasteiger partial charge in [0.15, 0.2) is 0 Å². The number of aryl methyl sites for hydroxylation is 1. The van der Waals surface area contributed by atoms with Gasteiger partial charge in [0, 0.05) is 0 Å². The average molecular weight is 346 g/mol. The molecule has 5 aliphatic rings. The Balaban J connectivity index is 1.37. The van der Waals surface area contributed by atoms with Gasteiger partial charge in [0.05, 0.1) is 11.0 Å². The molecule has 4 heteroatoms. The van der Waals surface area contributed by atoms with Crippen molar-refractivity contribution in [3.8, 4) is 0 Å². The summed E-state index contributed by atoms with van der Waals surface area (Å²) in [7, 11) is -3.66. The number of hydrogen-bond donors (Lipinski definition) is 0. The average Bonchev–Trinajstić information content (AvgIpc) is 3.15. The first-order valence-corrected chi connectivity index (χ1v) is 10.8. The van der Waals surface area contributed by atoms with Gasteiger partial charge < -0.3 is 0 Å². The maximum absolute atomic E-state index is 12.6. The van der Waals surface area contributed by atoms with Crippen LogP contribution in [0.2, 0.25) is 0 Å². The Bertz CT molecular complexity index is 753. The van der Waals surface area contributed by atoms with Crippen LogP contribution < -0.4 is 0 Å². The summed E-state index contributed by atoms with van der Waals surface area (Å²) in [5.74, 6) is 3.84. The molecule has 1 aromatic carbocycles. The first-order valence-electron chi connectivity index (χ1n) is 9.39. The van der Waals surface area contributed by atoms with E-state index in [0.29, 0.717) is 11.3 Å². The van der Waals surface area contributed by atoms with E-state index >= 15 is 0 Å². The van der Waals surface area contributed by atoms with Gasteiger partial charge in [-0.05, 0) is 93.1 Å². The Morgan fingerprint density at radius 1 is 1.08 bits per heavy atom. The first kappa shape index (κ1) is 15.4. The van der Waals surface area contributed by atoms with Crippen LogP contribution in [-0.4, -0.2) is 14.5 Å². The second kappa shape index (κ2) is 4.85. The van der Waals surface area contributed by atoms with E-state index in [2.05, 4.69) is 0 Å². The second-order valence-corrected chi connectivity index (χ2v) is 10.5. The molecule has 0 aromatic heterocycles. The van der Waals surface area contributed by atoms with Crippen LogP contribution in [0, 0.1) is 41.9 Å². The highest BCUT2D eigenvalue weighted by Crippen LogP contribution is 2.79. The van der Waals surface area contributed by atoms with Gasteiger partial charge in [-0.15, -0.1) is 0 Å². The molecule has 5 fully saturated rings. The molecule has 4 bridgehead atoms. The zero-order valence-electron chi connectivity index (χ0n) is 14.4. The van der Waals surface area contributed by atoms with Crippen molar-refractivity contribution in [2.75, 3.05) is 0 Å². The highest BCUT2D eigenvalue weighted by atomic mass is 32.2. The van der Waals surface area contributed by atoms with E-state index in [9.17, 15) is 8.42 Å². The van der Waals surface area contributed by atoms with E-state index in [4.69, 9.17) is 4.18 Å². The smallest absolute Gasteiger partial charge is 0.263 e. The van der Waals surface area contributed by atoms with Gasteiger partial charge in [-0.25, -0.2) is 0 Å². The van der Waals surface area contributed by atoms with Gasteiger partial charge in [-0.1, -0.05) is 17.7 Å². The molecule has 0 N–H and O–H groups in total. The fourth-order valence-corrected chi connectivity index (χ4v) is 8.14. The van der Waals surface area contributed by atoms with Gasteiger partial charge in [0.25, 0.3) is 10.1 Å². The topological polar surface area (TPSA) is 43.4 Å². The Kier molecular flexibility index (Phi) is 3.11. The summed E-state index contributed by atoms with van der Waals surface area (Å²) in [5.41, 5.74) is 1.49. The Morgan fingerprint density at radius 3 is 2.33 bits per heavy atom. The lowest BCUT2D eigenvalue weighted by molar-refractivity contribution is 0.00940. The molecule has 130 valence electrons. The third kappa shape index (κ3) is 2.08. The van der Waals surface area contributed by atoms with Crippen molar-refractivity contribution in [3.63, 3.8) is 0 Å². The molecule has 0 radical (unpaired) electrons. The van der Waals surface area contributed by atoms with Crippen molar-refractivity contribution in [2.24, 2.45) is 35.0 Å². The molecule has 0 saturated heterocycles. The minimum atomic E-state index is -3.66. The summed E-state index contributed by atoms with van der Waals surface area (Å²) in [5, 5.41) is 0. The summed E-state index contributed by atoms with van der Waals surface area (Å²) in [6, 6.07) is 6.97. The van der Waals surface area contributed by atoms with Gasteiger partial charge >= 0.3 is 0 Å². The van der Waals surface area contributed by atoms with Crippen molar-refractivity contribution in [2.45, 2.75) is 57.0 Å². The standard InChI is InChI=1S/C20H26O3S/c1-12-3-5-17(6-4-12)24(21,22)23-13(2)18-19-16-8-14-7-15(9-16)11-20(18,19)10-14/h3-6,13-16,18-19H,7-11H2,1-2H3. The summed E-state index contributed by atoms with van der Waals surface area (Å²) in [6.07, 6.45) is 6.66. The minimum Gasteiger partial charge on any atom is -0.263 e. The maximum atomic E-state index is 12.6. The molecule has 1 aromatic rings. The number of benzene rings is 1. The summed E-state index contributed by atoms with van der Waals surface area (Å²) >= 11 is 0. The van der Waals surface area contributed by atoms with E-state index < -0.39 is 10.1 Å². The third-order valence-electron chi connectivity index (χ3n) is 7.48. The molecule has 6 rings (SSSR count). The van der Waals surface area contributed by atoms with E-state index in [0.717, 1.165) is 29.2 Å². The van der Waals surface area contributed by atoms with Crippen LogP contribution in [0.4, 0.5) is 0 Å². The minimum absolute atomic E-state index is 0.195. The van der Waals surface area contributed by atoms with Crippen LogP contribution in [0.3, 0.4) is 0 Å². The van der Waals surface area contributed by atoms with E-state index in [1.54, 1.807) is 12.1 Å². The third-order valence-corrected chi connectivity index (χ3v) is 8.89. The molecule has 5 atom stereocenters. The zero-order valence-corrected chi connectivity index (χ0v) is 15.3. The fraction of sp³-hybridized carbons (Fsp3) is 0.700. The second-order valence-electron chi connectivity index (χ2n) is 8.96. The summed E-state index contributed by atoms with van der Waals surface area (Å²) in [6.45, 7) is 3.95. The molecular formula is C20H26O3S. The zero-order chi connectivity index (χ0) is 16.7. The molecule has 0 amide bonds. The monoisotopic (exact) mass is 346 g/mol. The lowest BCUT2D eigenvalue weighted by Crippen LogP contribution is -2.39. The molecule has 3 nitrogen and oxygen atoms in total. The summed E-state index contributed by atoms with van der Waals surface area (Å²) in [4.78, 5) is 0.284. The maximum Gasteiger partial charge on any atom is 0.297 e. The van der Waals surface area contributed by atoms with E-state index in [-0.39, 0.29) is 11.0 Å². The van der Waals surface area contributed by atoms with Gasteiger partial charge in [-0.3, -0.25) is 4.18 Å².